The Morgan fingerprint density at radius 3 is 2.93 bits per heavy atom. The van der Waals surface area contributed by atoms with Gasteiger partial charge < -0.3 is 10.4 Å². The van der Waals surface area contributed by atoms with Crippen molar-refractivity contribution in [1.82, 2.24) is 10.7 Å². The average molecular weight is 207 g/mol. The van der Waals surface area contributed by atoms with Crippen LogP contribution in [0.2, 0.25) is 0 Å². The highest BCUT2D eigenvalue weighted by Crippen LogP contribution is 2.12. The quantitative estimate of drug-likeness (QED) is 0.512. The molecular weight excluding hydrogens is 194 g/mol. The van der Waals surface area contributed by atoms with Crippen LogP contribution in [0.1, 0.15) is 12.5 Å². The fourth-order valence-corrected chi connectivity index (χ4v) is 0.957. The van der Waals surface area contributed by atoms with Gasteiger partial charge in [0, 0.05) is 12.1 Å². The summed E-state index contributed by atoms with van der Waals surface area (Å²) in [6, 6.07) is 6.35. The first kappa shape index (κ1) is 11.0. The van der Waals surface area contributed by atoms with Crippen LogP contribution in [0, 0.1) is 0 Å². The number of aromatic hydroxyl groups is 1. The van der Waals surface area contributed by atoms with E-state index in [1.807, 2.05) is 6.92 Å². The molecule has 5 nitrogen and oxygen atoms in total. The zero-order valence-electron chi connectivity index (χ0n) is 8.40. The second-order valence-electron chi connectivity index (χ2n) is 2.79. The van der Waals surface area contributed by atoms with Gasteiger partial charge in [0.2, 0.25) is 0 Å². The molecule has 5 heteroatoms. The topological polar surface area (TPSA) is 73.7 Å². The molecular formula is C10H13N3O2. The zero-order chi connectivity index (χ0) is 11.1. The van der Waals surface area contributed by atoms with Crippen LogP contribution >= 0.6 is 0 Å². The summed E-state index contributed by atoms with van der Waals surface area (Å²) >= 11 is 0. The smallest absolute Gasteiger partial charge is 0.335 e. The number of hydrazone groups is 1. The number of amides is 2. The fraction of sp³-hybridized carbons (Fsp3) is 0.200. The van der Waals surface area contributed by atoms with Crippen molar-refractivity contribution < 1.29 is 9.90 Å². The highest BCUT2D eigenvalue weighted by molar-refractivity contribution is 5.84. The highest BCUT2D eigenvalue weighted by atomic mass is 16.3. The first-order chi connectivity index (χ1) is 7.24. The molecule has 0 unspecified atom stereocenters. The third-order valence-electron chi connectivity index (χ3n) is 1.64. The second kappa shape index (κ2) is 5.64. The third kappa shape index (κ3) is 3.68. The van der Waals surface area contributed by atoms with Crippen molar-refractivity contribution in [1.29, 1.82) is 0 Å². The molecule has 0 aliphatic carbocycles. The Labute approximate surface area is 87.8 Å². The molecule has 0 aromatic heterocycles. The van der Waals surface area contributed by atoms with Gasteiger partial charge >= 0.3 is 6.03 Å². The fourth-order valence-electron chi connectivity index (χ4n) is 0.957. The van der Waals surface area contributed by atoms with Gasteiger partial charge in [-0.1, -0.05) is 12.1 Å². The monoisotopic (exact) mass is 207 g/mol. The molecule has 0 saturated carbocycles. The highest BCUT2D eigenvalue weighted by Gasteiger charge is 1.96. The van der Waals surface area contributed by atoms with Crippen molar-refractivity contribution >= 4 is 12.2 Å². The van der Waals surface area contributed by atoms with Crippen molar-refractivity contribution in [3.8, 4) is 5.75 Å². The molecule has 0 aliphatic rings. The lowest BCUT2D eigenvalue weighted by Crippen LogP contribution is -2.31. The molecule has 0 heterocycles. The van der Waals surface area contributed by atoms with Crippen LogP contribution in [0.15, 0.2) is 29.4 Å². The molecule has 0 saturated heterocycles. The summed E-state index contributed by atoms with van der Waals surface area (Å²) in [6.45, 7) is 2.35. The maximum atomic E-state index is 10.9. The number of hydrogen-bond donors (Lipinski definition) is 3. The van der Waals surface area contributed by atoms with Crippen molar-refractivity contribution in [2.45, 2.75) is 6.92 Å². The number of para-hydroxylation sites is 1. The van der Waals surface area contributed by atoms with Gasteiger partial charge in [-0.3, -0.25) is 0 Å². The molecule has 0 fully saturated rings. The third-order valence-corrected chi connectivity index (χ3v) is 1.64. The van der Waals surface area contributed by atoms with E-state index in [-0.39, 0.29) is 11.8 Å². The number of phenolic OH excluding ortho intramolecular Hbond substituents is 1. The summed E-state index contributed by atoms with van der Waals surface area (Å²) in [5.41, 5.74) is 2.82. The largest absolute Gasteiger partial charge is 0.507 e. The van der Waals surface area contributed by atoms with Gasteiger partial charge in [-0.05, 0) is 19.1 Å². The molecule has 1 rings (SSSR count). The molecule has 0 radical (unpaired) electrons. The first-order valence-electron chi connectivity index (χ1n) is 4.59. The van der Waals surface area contributed by atoms with Gasteiger partial charge in [-0.15, -0.1) is 0 Å². The van der Waals surface area contributed by atoms with Crippen molar-refractivity contribution in [3.63, 3.8) is 0 Å². The number of urea groups is 1. The first-order valence-corrected chi connectivity index (χ1v) is 4.59. The summed E-state index contributed by atoms with van der Waals surface area (Å²) in [5.74, 6) is 0.124. The van der Waals surface area contributed by atoms with Gasteiger partial charge in [0.25, 0.3) is 0 Å². The predicted octanol–water partition coefficient (Wildman–Crippen LogP) is 1.05. The van der Waals surface area contributed by atoms with E-state index >= 15 is 0 Å². The number of carbonyl (C=O) groups is 1. The Morgan fingerprint density at radius 2 is 2.27 bits per heavy atom. The van der Waals surface area contributed by atoms with E-state index in [1.54, 1.807) is 24.3 Å². The molecule has 15 heavy (non-hydrogen) atoms. The van der Waals surface area contributed by atoms with Gasteiger partial charge in [-0.25, -0.2) is 10.2 Å². The molecule has 80 valence electrons. The van der Waals surface area contributed by atoms with Crippen LogP contribution < -0.4 is 10.7 Å². The van der Waals surface area contributed by atoms with Gasteiger partial charge in [0.1, 0.15) is 5.75 Å². The van der Waals surface area contributed by atoms with Crippen LogP contribution in [0.3, 0.4) is 0 Å². The Bertz CT molecular complexity index is 363. The maximum absolute atomic E-state index is 10.9. The van der Waals surface area contributed by atoms with E-state index < -0.39 is 0 Å². The SMILES string of the molecule is CCNC(=O)N/N=C/c1ccccc1O. The van der Waals surface area contributed by atoms with Gasteiger partial charge in [0.15, 0.2) is 0 Å². The molecule has 3 N–H and O–H groups in total. The summed E-state index contributed by atoms with van der Waals surface area (Å²) in [7, 11) is 0. The number of carbonyl (C=O) groups excluding carboxylic acids is 1. The number of nitrogens with zero attached hydrogens (tertiary/aromatic N) is 1. The van der Waals surface area contributed by atoms with Crippen LogP contribution in [0.25, 0.3) is 0 Å². The van der Waals surface area contributed by atoms with E-state index in [1.165, 1.54) is 6.21 Å². The lowest BCUT2D eigenvalue weighted by atomic mass is 10.2. The minimum atomic E-state index is -0.371. The van der Waals surface area contributed by atoms with E-state index in [0.717, 1.165) is 0 Å². The Balaban J connectivity index is 2.52. The lowest BCUT2D eigenvalue weighted by molar-refractivity contribution is 0.242. The second-order valence-corrected chi connectivity index (χ2v) is 2.79. The molecule has 1 aromatic carbocycles. The summed E-state index contributed by atoms with van der Waals surface area (Å²) in [5, 5.41) is 15.6. The van der Waals surface area contributed by atoms with E-state index in [2.05, 4.69) is 15.8 Å². The minimum Gasteiger partial charge on any atom is -0.507 e. The van der Waals surface area contributed by atoms with E-state index in [9.17, 15) is 9.90 Å². The normalized spacial score (nSPS) is 10.2. The van der Waals surface area contributed by atoms with E-state index in [4.69, 9.17) is 0 Å². The Morgan fingerprint density at radius 1 is 1.53 bits per heavy atom. The lowest BCUT2D eigenvalue weighted by Gasteiger charge is -1.99. The van der Waals surface area contributed by atoms with Crippen molar-refractivity contribution in [3.05, 3.63) is 29.8 Å². The molecule has 0 aliphatic heterocycles. The Kier molecular flexibility index (Phi) is 4.15. The molecule has 0 spiro atoms. The number of rotatable bonds is 3. The van der Waals surface area contributed by atoms with Gasteiger partial charge in [-0.2, -0.15) is 5.10 Å². The Hall–Kier alpha value is -2.04. The maximum Gasteiger partial charge on any atom is 0.335 e. The number of phenols is 1. The van der Waals surface area contributed by atoms with Crippen molar-refractivity contribution in [2.75, 3.05) is 6.54 Å². The number of benzene rings is 1. The van der Waals surface area contributed by atoms with Crippen LogP contribution in [0.5, 0.6) is 5.75 Å². The summed E-state index contributed by atoms with van der Waals surface area (Å²) in [4.78, 5) is 10.9. The molecule has 0 bridgehead atoms. The summed E-state index contributed by atoms with van der Waals surface area (Å²) in [6.07, 6.45) is 1.38. The molecule has 1 aromatic rings. The van der Waals surface area contributed by atoms with Crippen LogP contribution in [0.4, 0.5) is 4.79 Å². The van der Waals surface area contributed by atoms with Crippen LogP contribution in [-0.4, -0.2) is 23.9 Å². The number of hydrogen-bond acceptors (Lipinski definition) is 3. The minimum absolute atomic E-state index is 0.124. The molecule has 0 atom stereocenters. The number of nitrogens with one attached hydrogen (secondary N) is 2. The van der Waals surface area contributed by atoms with Crippen LogP contribution in [-0.2, 0) is 0 Å². The van der Waals surface area contributed by atoms with Crippen molar-refractivity contribution in [2.24, 2.45) is 5.10 Å². The average Bonchev–Trinajstić information content (AvgIpc) is 2.21. The summed E-state index contributed by atoms with van der Waals surface area (Å²) < 4.78 is 0. The van der Waals surface area contributed by atoms with Gasteiger partial charge in [0.05, 0.1) is 6.21 Å². The molecule has 2 amide bonds. The van der Waals surface area contributed by atoms with E-state index in [0.29, 0.717) is 12.1 Å². The zero-order valence-corrected chi connectivity index (χ0v) is 8.40. The standard InChI is InChI=1S/C10H13N3O2/c1-2-11-10(15)13-12-7-8-5-3-4-6-9(8)14/h3-7,14H,2H2,1H3,(H2,11,13,15)/b12-7+. The predicted molar refractivity (Wildman–Crippen MR) is 57.9 cm³/mol.